The summed E-state index contributed by atoms with van der Waals surface area (Å²) in [5.41, 5.74) is 2.35. The van der Waals surface area contributed by atoms with Crippen LogP contribution in [0.3, 0.4) is 0 Å². The number of amides is 1. The molecule has 5 nitrogen and oxygen atoms in total. The summed E-state index contributed by atoms with van der Waals surface area (Å²) < 4.78 is 40.7. The first-order valence-corrected chi connectivity index (χ1v) is 8.91. The molecule has 0 spiro atoms. The summed E-state index contributed by atoms with van der Waals surface area (Å²) in [6.07, 6.45) is 0.386. The predicted octanol–water partition coefficient (Wildman–Crippen LogP) is 4.86. The summed E-state index contributed by atoms with van der Waals surface area (Å²) in [6.45, 7) is -2.81. The highest BCUT2D eigenvalue weighted by Crippen LogP contribution is 2.33. The van der Waals surface area contributed by atoms with Gasteiger partial charge < -0.3 is 19.5 Å². The van der Waals surface area contributed by atoms with Crippen molar-refractivity contribution < 1.29 is 27.8 Å². The molecule has 1 amide bonds. The molecule has 0 saturated heterocycles. The van der Waals surface area contributed by atoms with E-state index in [2.05, 4.69) is 10.1 Å². The fraction of sp³-hybridized carbons (Fsp3) is 0.136. The number of alkyl halides is 2. The van der Waals surface area contributed by atoms with Crippen LogP contribution in [0, 0.1) is 0 Å². The van der Waals surface area contributed by atoms with Crippen molar-refractivity contribution in [2.24, 2.45) is 0 Å². The summed E-state index contributed by atoms with van der Waals surface area (Å²) >= 11 is 0. The van der Waals surface area contributed by atoms with Crippen LogP contribution in [0.2, 0.25) is 0 Å². The number of halogens is 2. The van der Waals surface area contributed by atoms with E-state index in [0.29, 0.717) is 34.7 Å². The lowest BCUT2D eigenvalue weighted by molar-refractivity contribution is -0.0503. The normalized spacial score (nSPS) is 12.1. The minimum Gasteiger partial charge on any atom is -0.454 e. The molecule has 0 unspecified atom stereocenters. The van der Waals surface area contributed by atoms with Crippen LogP contribution in [0.4, 0.5) is 14.5 Å². The standard InChI is InChI=1S/C22H17F2NO4/c23-22(24)29-18-9-7-17(11-16(18)10-14-4-2-1-3-5-14)25-21(26)15-6-8-19-20(12-15)28-13-27-19/h1-9,11-12,22H,10,13H2,(H,25,26). The predicted molar refractivity (Wildman–Crippen MR) is 103 cm³/mol. The number of anilines is 1. The number of benzene rings is 3. The molecule has 3 aromatic carbocycles. The van der Waals surface area contributed by atoms with Gasteiger partial charge in [0.2, 0.25) is 6.79 Å². The molecule has 3 aromatic rings. The lowest BCUT2D eigenvalue weighted by atomic mass is 10.0. The van der Waals surface area contributed by atoms with Gasteiger partial charge in [0.1, 0.15) is 5.75 Å². The van der Waals surface area contributed by atoms with E-state index >= 15 is 0 Å². The maximum absolute atomic E-state index is 12.8. The zero-order valence-corrected chi connectivity index (χ0v) is 15.2. The van der Waals surface area contributed by atoms with Crippen LogP contribution in [-0.2, 0) is 6.42 Å². The molecule has 0 aromatic heterocycles. The van der Waals surface area contributed by atoms with Gasteiger partial charge in [-0.15, -0.1) is 0 Å². The lowest BCUT2D eigenvalue weighted by Gasteiger charge is -2.14. The Morgan fingerprint density at radius 1 is 1.00 bits per heavy atom. The third-order valence-corrected chi connectivity index (χ3v) is 4.41. The Balaban J connectivity index is 1.57. The fourth-order valence-corrected chi connectivity index (χ4v) is 3.06. The van der Waals surface area contributed by atoms with Gasteiger partial charge >= 0.3 is 6.61 Å². The maximum Gasteiger partial charge on any atom is 0.387 e. The number of rotatable bonds is 6. The zero-order chi connectivity index (χ0) is 20.2. The SMILES string of the molecule is O=C(Nc1ccc(OC(F)F)c(Cc2ccccc2)c1)c1ccc2c(c1)OCO2. The number of hydrogen-bond acceptors (Lipinski definition) is 4. The molecular formula is C22H17F2NO4. The third-order valence-electron chi connectivity index (χ3n) is 4.41. The number of hydrogen-bond donors (Lipinski definition) is 1. The second-order valence-electron chi connectivity index (χ2n) is 6.39. The summed E-state index contributed by atoms with van der Waals surface area (Å²) in [6, 6.07) is 18.9. The van der Waals surface area contributed by atoms with Gasteiger partial charge in [0.05, 0.1) is 0 Å². The first kappa shape index (κ1) is 18.7. The van der Waals surface area contributed by atoms with E-state index in [1.807, 2.05) is 30.3 Å². The second-order valence-corrected chi connectivity index (χ2v) is 6.39. The van der Waals surface area contributed by atoms with Gasteiger partial charge in [0.15, 0.2) is 11.5 Å². The van der Waals surface area contributed by atoms with Crippen molar-refractivity contribution in [2.45, 2.75) is 13.0 Å². The largest absolute Gasteiger partial charge is 0.454 e. The van der Waals surface area contributed by atoms with Crippen molar-refractivity contribution in [3.63, 3.8) is 0 Å². The molecule has 0 aliphatic carbocycles. The van der Waals surface area contributed by atoms with E-state index in [4.69, 9.17) is 9.47 Å². The van der Waals surface area contributed by atoms with Gasteiger partial charge in [-0.3, -0.25) is 4.79 Å². The minimum absolute atomic E-state index is 0.0740. The van der Waals surface area contributed by atoms with Crippen molar-refractivity contribution >= 4 is 11.6 Å². The van der Waals surface area contributed by atoms with Crippen molar-refractivity contribution in [1.29, 1.82) is 0 Å². The average Bonchev–Trinajstić information content (AvgIpc) is 3.18. The lowest BCUT2D eigenvalue weighted by Crippen LogP contribution is -2.12. The molecule has 1 heterocycles. The van der Waals surface area contributed by atoms with Crippen LogP contribution in [0.5, 0.6) is 17.2 Å². The Morgan fingerprint density at radius 3 is 2.59 bits per heavy atom. The van der Waals surface area contributed by atoms with E-state index in [1.54, 1.807) is 24.3 Å². The van der Waals surface area contributed by atoms with Crippen molar-refractivity contribution in [3.05, 3.63) is 83.4 Å². The fourth-order valence-electron chi connectivity index (χ4n) is 3.06. The molecule has 7 heteroatoms. The number of fused-ring (bicyclic) bond motifs is 1. The molecule has 0 radical (unpaired) electrons. The summed E-state index contributed by atoms with van der Waals surface area (Å²) in [7, 11) is 0. The maximum atomic E-state index is 12.8. The number of nitrogens with one attached hydrogen (secondary N) is 1. The number of carbonyl (C=O) groups is 1. The second kappa shape index (κ2) is 8.18. The topological polar surface area (TPSA) is 56.8 Å². The quantitative estimate of drug-likeness (QED) is 0.645. The molecule has 1 aliphatic rings. The van der Waals surface area contributed by atoms with Crippen molar-refractivity contribution in [3.8, 4) is 17.2 Å². The Kier molecular flexibility index (Phi) is 5.29. The van der Waals surface area contributed by atoms with E-state index < -0.39 is 6.61 Å². The Bertz CT molecular complexity index is 1020. The van der Waals surface area contributed by atoms with Crippen LogP contribution in [0.25, 0.3) is 0 Å². The summed E-state index contributed by atoms with van der Waals surface area (Å²) in [5.74, 6) is 0.810. The minimum atomic E-state index is -2.93. The van der Waals surface area contributed by atoms with Crippen LogP contribution < -0.4 is 19.5 Å². The molecule has 148 valence electrons. The molecule has 0 atom stereocenters. The van der Waals surface area contributed by atoms with E-state index in [-0.39, 0.29) is 18.4 Å². The van der Waals surface area contributed by atoms with E-state index in [1.165, 1.54) is 12.1 Å². The third kappa shape index (κ3) is 4.45. The van der Waals surface area contributed by atoms with Crippen LogP contribution in [0.15, 0.2) is 66.7 Å². The first-order chi connectivity index (χ1) is 14.1. The van der Waals surface area contributed by atoms with Gasteiger partial charge in [-0.05, 0) is 42.0 Å². The van der Waals surface area contributed by atoms with Crippen LogP contribution in [0.1, 0.15) is 21.5 Å². The molecule has 4 rings (SSSR count). The molecule has 29 heavy (non-hydrogen) atoms. The van der Waals surface area contributed by atoms with Crippen molar-refractivity contribution in [2.75, 3.05) is 12.1 Å². The molecule has 0 fully saturated rings. The molecule has 0 bridgehead atoms. The van der Waals surface area contributed by atoms with Gasteiger partial charge in [0, 0.05) is 23.2 Å². The van der Waals surface area contributed by atoms with Gasteiger partial charge in [-0.1, -0.05) is 30.3 Å². The Hall–Kier alpha value is -3.61. The van der Waals surface area contributed by atoms with Gasteiger partial charge in [-0.2, -0.15) is 8.78 Å². The smallest absolute Gasteiger partial charge is 0.387 e. The molecule has 1 N–H and O–H groups in total. The number of ether oxygens (including phenoxy) is 3. The molecule has 1 aliphatic heterocycles. The Labute approximate surface area is 165 Å². The summed E-state index contributed by atoms with van der Waals surface area (Å²) in [5, 5.41) is 2.78. The van der Waals surface area contributed by atoms with Crippen molar-refractivity contribution in [1.82, 2.24) is 0 Å². The number of carbonyl (C=O) groups excluding carboxylic acids is 1. The first-order valence-electron chi connectivity index (χ1n) is 8.91. The summed E-state index contributed by atoms with van der Waals surface area (Å²) in [4.78, 5) is 12.6. The van der Waals surface area contributed by atoms with Gasteiger partial charge in [0.25, 0.3) is 5.91 Å². The highest BCUT2D eigenvalue weighted by atomic mass is 19.3. The monoisotopic (exact) mass is 397 g/mol. The van der Waals surface area contributed by atoms with Crippen LogP contribution >= 0.6 is 0 Å². The van der Waals surface area contributed by atoms with E-state index in [0.717, 1.165) is 5.56 Å². The molecular weight excluding hydrogens is 380 g/mol. The van der Waals surface area contributed by atoms with Crippen LogP contribution in [-0.4, -0.2) is 19.3 Å². The average molecular weight is 397 g/mol. The van der Waals surface area contributed by atoms with E-state index in [9.17, 15) is 13.6 Å². The molecule has 0 saturated carbocycles. The Morgan fingerprint density at radius 2 is 1.79 bits per heavy atom. The van der Waals surface area contributed by atoms with Gasteiger partial charge in [-0.25, -0.2) is 0 Å². The highest BCUT2D eigenvalue weighted by Gasteiger charge is 2.17. The highest BCUT2D eigenvalue weighted by molar-refractivity contribution is 6.04. The zero-order valence-electron chi connectivity index (χ0n) is 15.2.